The van der Waals surface area contributed by atoms with Crippen LogP contribution in [0.25, 0.3) is 11.3 Å². The molecule has 1 aromatic carbocycles. The molecule has 1 aliphatic heterocycles. The van der Waals surface area contributed by atoms with E-state index in [9.17, 15) is 0 Å². The van der Waals surface area contributed by atoms with Crippen LogP contribution in [0.15, 0.2) is 36.5 Å². The molecule has 2 heterocycles. The van der Waals surface area contributed by atoms with Crippen LogP contribution in [0.3, 0.4) is 0 Å². The molecule has 1 aromatic heterocycles. The molecule has 2 aliphatic rings. The summed E-state index contributed by atoms with van der Waals surface area (Å²) >= 11 is 0. The number of hydrogen-bond acceptors (Lipinski definition) is 0. The SMILES string of the molecule is Cc1cc(C2(C)CC[Si](C)(C)CC2)ccc1-c1ccc(C2C(C)(C)CCC2(C)C)c[n+]1C. The van der Waals surface area contributed by atoms with E-state index in [1.165, 1.54) is 60.2 Å². The van der Waals surface area contributed by atoms with Gasteiger partial charge >= 0.3 is 0 Å². The normalized spacial score (nSPS) is 23.9. The number of benzene rings is 1. The Morgan fingerprint density at radius 2 is 1.44 bits per heavy atom. The summed E-state index contributed by atoms with van der Waals surface area (Å²) in [5, 5.41) is 0. The number of hydrogen-bond donors (Lipinski definition) is 0. The Labute approximate surface area is 198 Å². The summed E-state index contributed by atoms with van der Waals surface area (Å²) in [5.41, 5.74) is 8.25. The van der Waals surface area contributed by atoms with Crippen LogP contribution in [-0.4, -0.2) is 8.07 Å². The van der Waals surface area contributed by atoms with Gasteiger partial charge in [0.05, 0.1) is 0 Å². The van der Waals surface area contributed by atoms with E-state index in [0.29, 0.717) is 22.2 Å². The summed E-state index contributed by atoms with van der Waals surface area (Å²) in [6, 6.07) is 15.0. The van der Waals surface area contributed by atoms with Crippen molar-refractivity contribution in [1.29, 1.82) is 0 Å². The monoisotopic (exact) mass is 448 g/mol. The van der Waals surface area contributed by atoms with E-state index < -0.39 is 8.07 Å². The van der Waals surface area contributed by atoms with Crippen LogP contribution in [0.5, 0.6) is 0 Å². The first-order chi connectivity index (χ1) is 14.7. The average molecular weight is 449 g/mol. The van der Waals surface area contributed by atoms with E-state index in [4.69, 9.17) is 0 Å². The zero-order chi connectivity index (χ0) is 23.5. The summed E-state index contributed by atoms with van der Waals surface area (Å²) in [6.07, 6.45) is 7.77. The second-order valence-electron chi connectivity index (χ2n) is 13.6. The Bertz CT molecular complexity index is 987. The molecular formula is C30H46NSi+. The maximum atomic E-state index is 2.57. The third-order valence-corrected chi connectivity index (χ3v) is 12.6. The highest BCUT2D eigenvalue weighted by atomic mass is 28.3. The predicted octanol–water partition coefficient (Wildman–Crippen LogP) is 8.18. The van der Waals surface area contributed by atoms with Crippen molar-refractivity contribution in [1.82, 2.24) is 0 Å². The fourth-order valence-electron chi connectivity index (χ4n) is 7.07. The smallest absolute Gasteiger partial charge is 0.201 e. The maximum Gasteiger partial charge on any atom is 0.212 e. The highest BCUT2D eigenvalue weighted by molar-refractivity contribution is 6.77. The van der Waals surface area contributed by atoms with Crippen LogP contribution < -0.4 is 4.57 Å². The largest absolute Gasteiger partial charge is 0.212 e. The fraction of sp³-hybridized carbons (Fsp3) is 0.633. The first-order valence-corrected chi connectivity index (χ1v) is 16.3. The van der Waals surface area contributed by atoms with E-state index in [2.05, 4.69) is 103 Å². The number of pyridine rings is 1. The van der Waals surface area contributed by atoms with Crippen LogP contribution in [0.1, 0.15) is 82.9 Å². The van der Waals surface area contributed by atoms with Gasteiger partial charge in [-0.2, -0.15) is 0 Å². The highest BCUT2D eigenvalue weighted by Gasteiger charge is 2.48. The summed E-state index contributed by atoms with van der Waals surface area (Å²) in [5.74, 6) is 0.609. The van der Waals surface area contributed by atoms with E-state index in [0.717, 1.165) is 0 Å². The molecule has 0 spiro atoms. The Morgan fingerprint density at radius 1 is 0.844 bits per heavy atom. The first-order valence-electron chi connectivity index (χ1n) is 12.9. The zero-order valence-electron chi connectivity index (χ0n) is 22.2. The lowest BCUT2D eigenvalue weighted by molar-refractivity contribution is -0.661. The molecule has 2 heteroatoms. The Balaban J connectivity index is 1.64. The van der Waals surface area contributed by atoms with Crippen LogP contribution in [0.2, 0.25) is 25.2 Å². The first kappa shape index (κ1) is 23.7. The van der Waals surface area contributed by atoms with Crippen molar-refractivity contribution in [3.8, 4) is 11.3 Å². The van der Waals surface area contributed by atoms with Crippen LogP contribution in [0, 0.1) is 17.8 Å². The molecular weight excluding hydrogens is 402 g/mol. The van der Waals surface area contributed by atoms with Crippen molar-refractivity contribution in [2.24, 2.45) is 17.9 Å². The minimum atomic E-state index is -0.938. The van der Waals surface area contributed by atoms with Crippen molar-refractivity contribution in [3.63, 3.8) is 0 Å². The topological polar surface area (TPSA) is 3.88 Å². The maximum absolute atomic E-state index is 2.57. The molecule has 1 saturated heterocycles. The van der Waals surface area contributed by atoms with Gasteiger partial charge in [-0.1, -0.05) is 71.9 Å². The van der Waals surface area contributed by atoms with Crippen molar-refractivity contribution in [3.05, 3.63) is 53.2 Å². The second kappa shape index (κ2) is 7.83. The van der Waals surface area contributed by atoms with Gasteiger partial charge in [0, 0.05) is 25.3 Å². The van der Waals surface area contributed by atoms with Gasteiger partial charge in [-0.15, -0.1) is 0 Å². The predicted molar refractivity (Wildman–Crippen MR) is 141 cm³/mol. The van der Waals surface area contributed by atoms with E-state index >= 15 is 0 Å². The molecule has 0 unspecified atom stereocenters. The minimum absolute atomic E-state index is 0.359. The van der Waals surface area contributed by atoms with Crippen molar-refractivity contribution < 1.29 is 4.57 Å². The molecule has 0 N–H and O–H groups in total. The summed E-state index contributed by atoms with van der Waals surface area (Å²) in [6.45, 7) is 19.8. The average Bonchev–Trinajstić information content (AvgIpc) is 2.92. The number of nitrogens with zero attached hydrogens (tertiary/aromatic N) is 1. The third-order valence-electron chi connectivity index (χ3n) is 9.37. The zero-order valence-corrected chi connectivity index (χ0v) is 23.2. The molecule has 1 saturated carbocycles. The number of rotatable bonds is 3. The fourth-order valence-corrected chi connectivity index (χ4v) is 9.77. The molecule has 32 heavy (non-hydrogen) atoms. The van der Waals surface area contributed by atoms with E-state index in [1.54, 1.807) is 5.56 Å². The van der Waals surface area contributed by atoms with Gasteiger partial charge in [-0.25, -0.2) is 4.57 Å². The van der Waals surface area contributed by atoms with Crippen molar-refractivity contribution in [2.45, 2.75) is 104 Å². The van der Waals surface area contributed by atoms with Gasteiger partial charge in [-0.3, -0.25) is 0 Å². The number of aryl methyl sites for hydroxylation is 2. The third kappa shape index (κ3) is 4.25. The van der Waals surface area contributed by atoms with Gasteiger partial charge < -0.3 is 0 Å². The molecule has 174 valence electrons. The van der Waals surface area contributed by atoms with E-state index in [-0.39, 0.29) is 0 Å². The van der Waals surface area contributed by atoms with Gasteiger partial charge in [-0.05, 0) is 78.0 Å². The lowest BCUT2D eigenvalue weighted by Gasteiger charge is -2.41. The lowest BCUT2D eigenvalue weighted by atomic mass is 9.69. The molecule has 4 rings (SSSR count). The quantitative estimate of drug-likeness (QED) is 0.329. The van der Waals surface area contributed by atoms with Crippen LogP contribution >= 0.6 is 0 Å². The van der Waals surface area contributed by atoms with Crippen molar-refractivity contribution in [2.75, 3.05) is 0 Å². The lowest BCUT2D eigenvalue weighted by Crippen LogP contribution is -2.38. The van der Waals surface area contributed by atoms with Gasteiger partial charge in [0.1, 0.15) is 7.05 Å². The van der Waals surface area contributed by atoms with Gasteiger partial charge in [0.15, 0.2) is 6.20 Å². The number of aromatic nitrogens is 1. The molecule has 1 nitrogen and oxygen atoms in total. The van der Waals surface area contributed by atoms with Gasteiger partial charge in [0.2, 0.25) is 5.69 Å². The summed E-state index contributed by atoms with van der Waals surface area (Å²) in [4.78, 5) is 0. The minimum Gasteiger partial charge on any atom is -0.201 e. The molecule has 1 aliphatic carbocycles. The second-order valence-corrected chi connectivity index (χ2v) is 19.0. The summed E-state index contributed by atoms with van der Waals surface area (Å²) in [7, 11) is 1.29. The standard InChI is InChI=1S/C30H46NSi/c1-22-20-24(30(6)16-18-32(8,9)19-17-30)11-12-25(22)26-13-10-23(21-31(26)7)27-28(2,3)14-15-29(27,4)5/h10-13,20-21,27H,14-19H2,1-9H3/q+1. The molecule has 0 bridgehead atoms. The highest BCUT2D eigenvalue weighted by Crippen LogP contribution is 2.58. The van der Waals surface area contributed by atoms with Crippen LogP contribution in [-0.2, 0) is 12.5 Å². The van der Waals surface area contributed by atoms with Gasteiger partial charge in [0.25, 0.3) is 0 Å². The Morgan fingerprint density at radius 3 is 1.97 bits per heavy atom. The molecule has 0 amide bonds. The molecule has 2 fully saturated rings. The van der Waals surface area contributed by atoms with Crippen LogP contribution in [0.4, 0.5) is 0 Å². The Hall–Kier alpha value is -1.41. The Kier molecular flexibility index (Phi) is 5.80. The summed E-state index contributed by atoms with van der Waals surface area (Å²) < 4.78 is 2.37. The molecule has 0 radical (unpaired) electrons. The molecule has 0 atom stereocenters. The van der Waals surface area contributed by atoms with Crippen molar-refractivity contribution >= 4 is 8.07 Å². The molecule has 2 aromatic rings. The van der Waals surface area contributed by atoms with E-state index in [1.807, 2.05) is 0 Å².